The molecule has 0 aliphatic rings. The van der Waals surface area contributed by atoms with Crippen LogP contribution in [0.1, 0.15) is 25.2 Å². The van der Waals surface area contributed by atoms with Gasteiger partial charge in [0.1, 0.15) is 9.84 Å². The molecule has 0 unspecified atom stereocenters. The summed E-state index contributed by atoms with van der Waals surface area (Å²) in [5.74, 6) is 0.158. The zero-order valence-corrected chi connectivity index (χ0v) is 13.4. The maximum absolute atomic E-state index is 11.0. The Bertz CT molecular complexity index is 497. The van der Waals surface area contributed by atoms with Gasteiger partial charge in [0.25, 0.3) is 0 Å². The molecule has 0 aromatic carbocycles. The van der Waals surface area contributed by atoms with E-state index in [0.29, 0.717) is 13.1 Å². The lowest BCUT2D eigenvalue weighted by molar-refractivity contribution is 0.576. The van der Waals surface area contributed by atoms with Crippen molar-refractivity contribution in [1.29, 1.82) is 0 Å². The second kappa shape index (κ2) is 6.68. The SMILES string of the molecule is CCc1nn(CC)c(CNCCS(C)(=O)=O)c1Br. The van der Waals surface area contributed by atoms with Crippen LogP contribution in [0.3, 0.4) is 0 Å². The minimum atomic E-state index is -2.90. The van der Waals surface area contributed by atoms with Gasteiger partial charge in [-0.3, -0.25) is 4.68 Å². The van der Waals surface area contributed by atoms with Gasteiger partial charge in [-0.2, -0.15) is 5.10 Å². The van der Waals surface area contributed by atoms with Gasteiger partial charge in [0.2, 0.25) is 0 Å². The molecule has 0 amide bonds. The molecule has 7 heteroatoms. The second-order valence-corrected chi connectivity index (χ2v) is 7.24. The van der Waals surface area contributed by atoms with Crippen molar-refractivity contribution in [3.05, 3.63) is 15.9 Å². The average Bonchev–Trinajstić information content (AvgIpc) is 2.60. The third kappa shape index (κ3) is 4.37. The second-order valence-electron chi connectivity index (χ2n) is 4.18. The third-order valence-electron chi connectivity index (χ3n) is 2.64. The molecule has 0 spiro atoms. The van der Waals surface area contributed by atoms with Crippen LogP contribution in [-0.2, 0) is 29.3 Å². The number of nitrogens with zero attached hydrogens (tertiary/aromatic N) is 2. The van der Waals surface area contributed by atoms with Gasteiger partial charge >= 0.3 is 0 Å². The van der Waals surface area contributed by atoms with Gasteiger partial charge in [-0.05, 0) is 29.3 Å². The Kier molecular flexibility index (Phi) is 5.81. The highest BCUT2D eigenvalue weighted by Gasteiger charge is 2.13. The molecule has 0 aliphatic heterocycles. The molecule has 0 radical (unpaired) electrons. The van der Waals surface area contributed by atoms with Gasteiger partial charge in [-0.1, -0.05) is 6.92 Å². The quantitative estimate of drug-likeness (QED) is 0.763. The Balaban J connectivity index is 2.64. The summed E-state index contributed by atoms with van der Waals surface area (Å²) in [6, 6.07) is 0. The smallest absolute Gasteiger partial charge is 0.148 e. The van der Waals surface area contributed by atoms with E-state index in [0.717, 1.165) is 28.8 Å². The van der Waals surface area contributed by atoms with Crippen molar-refractivity contribution in [2.24, 2.45) is 0 Å². The molecule has 104 valence electrons. The van der Waals surface area contributed by atoms with Crippen LogP contribution in [0.2, 0.25) is 0 Å². The van der Waals surface area contributed by atoms with Crippen LogP contribution in [0.5, 0.6) is 0 Å². The van der Waals surface area contributed by atoms with Crippen LogP contribution in [0.4, 0.5) is 0 Å². The zero-order chi connectivity index (χ0) is 13.8. The monoisotopic (exact) mass is 337 g/mol. The van der Waals surface area contributed by atoms with E-state index in [1.165, 1.54) is 6.26 Å². The van der Waals surface area contributed by atoms with E-state index in [9.17, 15) is 8.42 Å². The Morgan fingerprint density at radius 1 is 1.39 bits per heavy atom. The van der Waals surface area contributed by atoms with Crippen molar-refractivity contribution in [2.75, 3.05) is 18.6 Å². The third-order valence-corrected chi connectivity index (χ3v) is 4.50. The summed E-state index contributed by atoms with van der Waals surface area (Å²) in [6.07, 6.45) is 2.13. The number of sulfone groups is 1. The first-order valence-electron chi connectivity index (χ1n) is 6.01. The van der Waals surface area contributed by atoms with Crippen LogP contribution in [0, 0.1) is 0 Å². The highest BCUT2D eigenvalue weighted by Crippen LogP contribution is 2.22. The molecular formula is C11H20BrN3O2S. The molecular weight excluding hydrogens is 318 g/mol. The predicted molar refractivity (Wildman–Crippen MR) is 76.4 cm³/mol. The lowest BCUT2D eigenvalue weighted by Crippen LogP contribution is -2.23. The first-order chi connectivity index (χ1) is 8.39. The van der Waals surface area contributed by atoms with E-state index >= 15 is 0 Å². The highest BCUT2D eigenvalue weighted by molar-refractivity contribution is 9.10. The molecule has 1 aromatic rings. The number of nitrogens with one attached hydrogen (secondary N) is 1. The molecule has 18 heavy (non-hydrogen) atoms. The lowest BCUT2D eigenvalue weighted by Gasteiger charge is -2.07. The molecule has 0 fully saturated rings. The fourth-order valence-corrected chi connectivity index (χ4v) is 2.87. The molecule has 5 nitrogen and oxygen atoms in total. The maximum Gasteiger partial charge on any atom is 0.148 e. The van der Waals surface area contributed by atoms with Gasteiger partial charge in [0.05, 0.1) is 21.6 Å². The molecule has 0 saturated heterocycles. The zero-order valence-electron chi connectivity index (χ0n) is 11.0. The van der Waals surface area contributed by atoms with Crippen LogP contribution in [0.25, 0.3) is 0 Å². The van der Waals surface area contributed by atoms with E-state index < -0.39 is 9.84 Å². The molecule has 0 aliphatic carbocycles. The van der Waals surface area contributed by atoms with Gasteiger partial charge < -0.3 is 5.32 Å². The average molecular weight is 338 g/mol. The van der Waals surface area contributed by atoms with Crippen molar-refractivity contribution in [3.63, 3.8) is 0 Å². The normalized spacial score (nSPS) is 12.0. The Hall–Kier alpha value is -0.400. The Morgan fingerprint density at radius 3 is 2.56 bits per heavy atom. The first-order valence-corrected chi connectivity index (χ1v) is 8.86. The Morgan fingerprint density at radius 2 is 2.06 bits per heavy atom. The fourth-order valence-electron chi connectivity index (χ4n) is 1.65. The summed E-state index contributed by atoms with van der Waals surface area (Å²) < 4.78 is 25.0. The number of aryl methyl sites for hydroxylation is 2. The van der Waals surface area contributed by atoms with Crippen LogP contribution < -0.4 is 5.32 Å². The van der Waals surface area contributed by atoms with E-state index in [1.54, 1.807) is 0 Å². The van der Waals surface area contributed by atoms with Gasteiger partial charge in [-0.15, -0.1) is 0 Å². The predicted octanol–water partition coefficient (Wildman–Crippen LogP) is 1.36. The van der Waals surface area contributed by atoms with Gasteiger partial charge in [0, 0.05) is 25.9 Å². The van der Waals surface area contributed by atoms with E-state index in [4.69, 9.17) is 0 Å². The highest BCUT2D eigenvalue weighted by atomic mass is 79.9. The minimum absolute atomic E-state index is 0.158. The lowest BCUT2D eigenvalue weighted by atomic mass is 10.3. The molecule has 1 rings (SSSR count). The summed E-state index contributed by atoms with van der Waals surface area (Å²) in [6.45, 7) is 5.99. The number of hydrogen-bond acceptors (Lipinski definition) is 4. The van der Waals surface area contributed by atoms with Crippen molar-refractivity contribution >= 4 is 25.8 Å². The van der Waals surface area contributed by atoms with Crippen molar-refractivity contribution in [2.45, 2.75) is 33.4 Å². The molecule has 1 aromatic heterocycles. The number of hydrogen-bond donors (Lipinski definition) is 1. The van der Waals surface area contributed by atoms with Crippen LogP contribution >= 0.6 is 15.9 Å². The van der Waals surface area contributed by atoms with Gasteiger partial charge in [-0.25, -0.2) is 8.42 Å². The molecule has 0 saturated carbocycles. The summed E-state index contributed by atoms with van der Waals surface area (Å²) in [7, 11) is -2.90. The topological polar surface area (TPSA) is 64.0 Å². The van der Waals surface area contributed by atoms with Crippen molar-refractivity contribution in [3.8, 4) is 0 Å². The van der Waals surface area contributed by atoms with Crippen molar-refractivity contribution in [1.82, 2.24) is 15.1 Å². The molecule has 0 atom stereocenters. The summed E-state index contributed by atoms with van der Waals surface area (Å²) in [4.78, 5) is 0. The first kappa shape index (κ1) is 15.7. The summed E-state index contributed by atoms with van der Waals surface area (Å²) in [5.41, 5.74) is 2.11. The van der Waals surface area contributed by atoms with Crippen LogP contribution in [0.15, 0.2) is 4.47 Å². The minimum Gasteiger partial charge on any atom is -0.310 e. The number of halogens is 1. The summed E-state index contributed by atoms with van der Waals surface area (Å²) in [5, 5.41) is 7.63. The largest absolute Gasteiger partial charge is 0.310 e. The molecule has 1 heterocycles. The van der Waals surface area contributed by atoms with Crippen LogP contribution in [-0.4, -0.2) is 36.8 Å². The fraction of sp³-hybridized carbons (Fsp3) is 0.727. The summed E-state index contributed by atoms with van der Waals surface area (Å²) >= 11 is 3.55. The standard InChI is InChI=1S/C11H20BrN3O2S/c1-4-9-11(12)10(15(5-2)14-9)8-13-6-7-18(3,16)17/h13H,4-8H2,1-3H3. The van der Waals surface area contributed by atoms with Crippen molar-refractivity contribution < 1.29 is 8.42 Å². The Labute approximate surface area is 117 Å². The molecule has 0 bridgehead atoms. The van der Waals surface area contributed by atoms with E-state index in [-0.39, 0.29) is 5.75 Å². The number of rotatable bonds is 7. The van der Waals surface area contributed by atoms with E-state index in [1.807, 2.05) is 11.6 Å². The van der Waals surface area contributed by atoms with Gasteiger partial charge in [0.15, 0.2) is 0 Å². The maximum atomic E-state index is 11.0. The molecule has 1 N–H and O–H groups in total. The van der Waals surface area contributed by atoms with E-state index in [2.05, 4.69) is 33.3 Å². The number of aromatic nitrogens is 2.